The fourth-order valence-electron chi connectivity index (χ4n) is 2.36. The van der Waals surface area contributed by atoms with Gasteiger partial charge in [0.2, 0.25) is 0 Å². The topological polar surface area (TPSA) is 58.6 Å². The molecule has 4 nitrogen and oxygen atoms in total. The van der Waals surface area contributed by atoms with Crippen molar-refractivity contribution in [3.05, 3.63) is 69.6 Å². The third-order valence-electron chi connectivity index (χ3n) is 3.43. The molecule has 0 amide bonds. The van der Waals surface area contributed by atoms with E-state index in [9.17, 15) is 4.79 Å². The van der Waals surface area contributed by atoms with Crippen molar-refractivity contribution in [3.63, 3.8) is 0 Å². The third kappa shape index (κ3) is 2.50. The second kappa shape index (κ2) is 5.72. The van der Waals surface area contributed by atoms with E-state index < -0.39 is 0 Å². The Balaban J connectivity index is 1.97. The standard InChI is InChI=1S/C17H10BrN3OS/c18-12-13-15(23-14(12)10-6-2-1-3-7-10)17(22)21-16(20-13)11-8-4-5-9-19-11/h1-9H,(H,20,21,22). The van der Waals surface area contributed by atoms with Crippen LogP contribution >= 0.6 is 27.3 Å². The first-order valence-corrected chi connectivity index (χ1v) is 8.54. The van der Waals surface area contributed by atoms with Gasteiger partial charge in [0.25, 0.3) is 5.56 Å². The molecule has 1 aromatic carbocycles. The van der Waals surface area contributed by atoms with Crippen LogP contribution in [0, 0.1) is 0 Å². The van der Waals surface area contributed by atoms with Gasteiger partial charge >= 0.3 is 0 Å². The lowest BCUT2D eigenvalue weighted by atomic mass is 10.2. The highest BCUT2D eigenvalue weighted by Crippen LogP contribution is 2.40. The molecule has 6 heteroatoms. The Morgan fingerprint density at radius 1 is 1.04 bits per heavy atom. The quantitative estimate of drug-likeness (QED) is 0.555. The van der Waals surface area contributed by atoms with Crippen molar-refractivity contribution in [1.29, 1.82) is 0 Å². The van der Waals surface area contributed by atoms with Crippen LogP contribution in [0.2, 0.25) is 0 Å². The van der Waals surface area contributed by atoms with Crippen LogP contribution in [0.5, 0.6) is 0 Å². The van der Waals surface area contributed by atoms with Crippen molar-refractivity contribution in [2.45, 2.75) is 0 Å². The molecule has 0 atom stereocenters. The zero-order valence-electron chi connectivity index (χ0n) is 11.8. The minimum absolute atomic E-state index is 0.150. The predicted octanol–water partition coefficient (Wildman–Crippen LogP) is 4.48. The molecule has 0 unspecified atom stereocenters. The third-order valence-corrected chi connectivity index (χ3v) is 5.69. The van der Waals surface area contributed by atoms with E-state index in [1.165, 1.54) is 11.3 Å². The highest BCUT2D eigenvalue weighted by atomic mass is 79.9. The van der Waals surface area contributed by atoms with Crippen LogP contribution in [0.25, 0.3) is 32.2 Å². The normalized spacial score (nSPS) is 11.0. The number of pyridine rings is 1. The van der Waals surface area contributed by atoms with Crippen molar-refractivity contribution < 1.29 is 0 Å². The first-order valence-electron chi connectivity index (χ1n) is 6.93. The summed E-state index contributed by atoms with van der Waals surface area (Å²) in [6.45, 7) is 0. The van der Waals surface area contributed by atoms with Crippen molar-refractivity contribution in [2.24, 2.45) is 0 Å². The lowest BCUT2D eigenvalue weighted by Crippen LogP contribution is -2.08. The van der Waals surface area contributed by atoms with Gasteiger partial charge < -0.3 is 4.98 Å². The molecule has 3 aromatic heterocycles. The van der Waals surface area contributed by atoms with E-state index >= 15 is 0 Å². The molecular formula is C17H10BrN3OS. The Hall–Kier alpha value is -2.31. The predicted molar refractivity (Wildman–Crippen MR) is 96.6 cm³/mol. The Bertz CT molecular complexity index is 1040. The number of thiophene rings is 1. The van der Waals surface area contributed by atoms with Crippen LogP contribution in [0.15, 0.2) is 64.0 Å². The summed E-state index contributed by atoms with van der Waals surface area (Å²) in [5, 5.41) is 0. The number of benzene rings is 1. The van der Waals surface area contributed by atoms with Gasteiger partial charge in [-0.2, -0.15) is 0 Å². The van der Waals surface area contributed by atoms with Crippen LogP contribution < -0.4 is 5.56 Å². The fourth-order valence-corrected chi connectivity index (χ4v) is 4.28. The molecule has 0 aliphatic heterocycles. The fraction of sp³-hybridized carbons (Fsp3) is 0. The van der Waals surface area contributed by atoms with E-state index in [2.05, 4.69) is 30.9 Å². The number of nitrogens with one attached hydrogen (secondary N) is 1. The van der Waals surface area contributed by atoms with Crippen molar-refractivity contribution in [1.82, 2.24) is 15.0 Å². The molecular weight excluding hydrogens is 374 g/mol. The minimum atomic E-state index is -0.150. The number of aromatic amines is 1. The van der Waals surface area contributed by atoms with Gasteiger partial charge in [-0.15, -0.1) is 11.3 Å². The summed E-state index contributed by atoms with van der Waals surface area (Å²) in [5.74, 6) is 0.473. The Morgan fingerprint density at radius 2 is 1.83 bits per heavy atom. The van der Waals surface area contributed by atoms with E-state index in [4.69, 9.17) is 0 Å². The number of nitrogens with zero attached hydrogens (tertiary/aromatic N) is 2. The number of halogens is 1. The molecule has 0 aliphatic rings. The van der Waals surface area contributed by atoms with E-state index in [0.717, 1.165) is 14.9 Å². The second-order valence-corrected chi connectivity index (χ2v) is 6.73. The first-order chi connectivity index (χ1) is 11.2. The maximum atomic E-state index is 12.4. The largest absolute Gasteiger partial charge is 0.304 e. The monoisotopic (exact) mass is 383 g/mol. The van der Waals surface area contributed by atoms with Crippen molar-refractivity contribution in [3.8, 4) is 22.0 Å². The number of hydrogen-bond donors (Lipinski definition) is 1. The molecule has 0 bridgehead atoms. The lowest BCUT2D eigenvalue weighted by molar-refractivity contribution is 1.15. The number of rotatable bonds is 2. The smallest absolute Gasteiger partial charge is 0.269 e. The summed E-state index contributed by atoms with van der Waals surface area (Å²) in [6, 6.07) is 15.5. The molecule has 4 rings (SSSR count). The highest BCUT2D eigenvalue weighted by molar-refractivity contribution is 9.10. The van der Waals surface area contributed by atoms with Gasteiger partial charge in [0, 0.05) is 6.20 Å². The zero-order chi connectivity index (χ0) is 15.8. The zero-order valence-corrected chi connectivity index (χ0v) is 14.2. The van der Waals surface area contributed by atoms with Crippen LogP contribution in [-0.4, -0.2) is 15.0 Å². The van der Waals surface area contributed by atoms with Crippen LogP contribution in [-0.2, 0) is 0 Å². The summed E-state index contributed by atoms with van der Waals surface area (Å²) >= 11 is 5.04. The average Bonchev–Trinajstić information content (AvgIpc) is 2.94. The summed E-state index contributed by atoms with van der Waals surface area (Å²) in [5.41, 5.74) is 2.22. The minimum Gasteiger partial charge on any atom is -0.304 e. The highest BCUT2D eigenvalue weighted by Gasteiger charge is 2.17. The first kappa shape index (κ1) is 14.3. The van der Waals surface area contributed by atoms with Crippen LogP contribution in [0.1, 0.15) is 0 Å². The van der Waals surface area contributed by atoms with E-state index in [1.807, 2.05) is 48.5 Å². The SMILES string of the molecule is O=c1[nH]c(-c2ccccn2)nc2c(Br)c(-c3ccccc3)sc12. The number of H-pyrrole nitrogens is 1. The van der Waals surface area contributed by atoms with Crippen LogP contribution in [0.4, 0.5) is 0 Å². The summed E-state index contributed by atoms with van der Waals surface area (Å²) in [4.78, 5) is 25.1. The summed E-state index contributed by atoms with van der Waals surface area (Å²) in [7, 11) is 0. The Kier molecular flexibility index (Phi) is 3.55. The maximum absolute atomic E-state index is 12.4. The van der Waals surface area contributed by atoms with E-state index in [1.54, 1.807) is 6.20 Å². The Labute approximate surface area is 144 Å². The molecule has 0 radical (unpaired) electrons. The number of fused-ring (bicyclic) bond motifs is 1. The molecule has 0 spiro atoms. The van der Waals surface area contributed by atoms with Gasteiger partial charge in [0.05, 0.1) is 9.35 Å². The van der Waals surface area contributed by atoms with Gasteiger partial charge in [0.1, 0.15) is 15.9 Å². The maximum Gasteiger partial charge on any atom is 0.269 e. The molecule has 0 fully saturated rings. The van der Waals surface area contributed by atoms with E-state index in [0.29, 0.717) is 21.7 Å². The number of hydrogen-bond acceptors (Lipinski definition) is 4. The van der Waals surface area contributed by atoms with Gasteiger partial charge in [0.15, 0.2) is 5.82 Å². The van der Waals surface area contributed by atoms with Crippen molar-refractivity contribution in [2.75, 3.05) is 0 Å². The lowest BCUT2D eigenvalue weighted by Gasteiger charge is -2.00. The van der Waals surface area contributed by atoms with Crippen LogP contribution in [0.3, 0.4) is 0 Å². The van der Waals surface area contributed by atoms with Gasteiger partial charge in [-0.3, -0.25) is 9.78 Å². The summed E-state index contributed by atoms with van der Waals surface area (Å²) in [6.07, 6.45) is 1.68. The molecule has 23 heavy (non-hydrogen) atoms. The second-order valence-electron chi connectivity index (χ2n) is 4.92. The number of aromatic nitrogens is 3. The average molecular weight is 384 g/mol. The van der Waals surface area contributed by atoms with E-state index in [-0.39, 0.29) is 5.56 Å². The van der Waals surface area contributed by atoms with Gasteiger partial charge in [-0.05, 0) is 33.6 Å². The molecule has 1 N–H and O–H groups in total. The molecule has 3 heterocycles. The van der Waals surface area contributed by atoms with Gasteiger partial charge in [-0.1, -0.05) is 36.4 Å². The van der Waals surface area contributed by atoms with Gasteiger partial charge in [-0.25, -0.2) is 4.98 Å². The molecule has 0 saturated carbocycles. The Morgan fingerprint density at radius 3 is 2.57 bits per heavy atom. The molecule has 4 aromatic rings. The molecule has 112 valence electrons. The summed E-state index contributed by atoms with van der Waals surface area (Å²) < 4.78 is 1.45. The molecule has 0 aliphatic carbocycles. The molecule has 0 saturated heterocycles. The van der Waals surface area contributed by atoms with Crippen molar-refractivity contribution >= 4 is 37.5 Å².